The fourth-order valence-corrected chi connectivity index (χ4v) is 2.18. The summed E-state index contributed by atoms with van der Waals surface area (Å²) in [5.41, 5.74) is 0.536. The van der Waals surface area contributed by atoms with Crippen LogP contribution in [0.5, 0.6) is 0 Å². The van der Waals surface area contributed by atoms with E-state index in [4.69, 9.17) is 5.11 Å². The molecule has 0 bridgehead atoms. The average molecular weight is 266 g/mol. The van der Waals surface area contributed by atoms with Crippen LogP contribution in [0.1, 0.15) is 10.4 Å². The van der Waals surface area contributed by atoms with Gasteiger partial charge in [-0.1, -0.05) is 18.2 Å². The molecule has 1 aromatic rings. The van der Waals surface area contributed by atoms with E-state index in [9.17, 15) is 15.0 Å². The van der Waals surface area contributed by atoms with Gasteiger partial charge in [-0.15, -0.1) is 0 Å². The van der Waals surface area contributed by atoms with Gasteiger partial charge in [0.05, 0.1) is 30.9 Å². The Balaban J connectivity index is 1.88. The molecule has 5 N–H and O–H groups in total. The molecule has 0 aromatic heterocycles. The highest BCUT2D eigenvalue weighted by molar-refractivity contribution is 5.94. The fourth-order valence-electron chi connectivity index (χ4n) is 2.18. The first kappa shape index (κ1) is 14.0. The van der Waals surface area contributed by atoms with Crippen LogP contribution < -0.4 is 10.6 Å². The second-order valence-electron chi connectivity index (χ2n) is 4.62. The van der Waals surface area contributed by atoms with Gasteiger partial charge in [0.25, 0.3) is 5.91 Å². The highest BCUT2D eigenvalue weighted by Gasteiger charge is 2.40. The van der Waals surface area contributed by atoms with Gasteiger partial charge in [0.15, 0.2) is 0 Å². The van der Waals surface area contributed by atoms with Crippen LogP contribution in [-0.2, 0) is 0 Å². The predicted molar refractivity (Wildman–Crippen MR) is 68.6 cm³/mol. The number of carbonyl (C=O) groups is 1. The summed E-state index contributed by atoms with van der Waals surface area (Å²) in [5, 5.41) is 34.0. The second kappa shape index (κ2) is 6.12. The molecule has 104 valence electrons. The minimum atomic E-state index is -1.02. The van der Waals surface area contributed by atoms with Crippen molar-refractivity contribution in [2.24, 2.45) is 0 Å². The van der Waals surface area contributed by atoms with E-state index in [-0.39, 0.29) is 19.1 Å². The van der Waals surface area contributed by atoms with E-state index in [2.05, 4.69) is 10.6 Å². The lowest BCUT2D eigenvalue weighted by Crippen LogP contribution is -2.44. The quantitative estimate of drug-likeness (QED) is 0.455. The van der Waals surface area contributed by atoms with E-state index in [0.717, 1.165) is 0 Å². The maximum atomic E-state index is 11.8. The number of aliphatic hydroxyl groups excluding tert-OH is 3. The first-order chi connectivity index (χ1) is 9.13. The molecule has 0 aliphatic carbocycles. The van der Waals surface area contributed by atoms with E-state index in [1.165, 1.54) is 0 Å². The number of benzene rings is 1. The van der Waals surface area contributed by atoms with Crippen molar-refractivity contribution < 1.29 is 20.1 Å². The Morgan fingerprint density at radius 1 is 1.16 bits per heavy atom. The summed E-state index contributed by atoms with van der Waals surface area (Å²) in [7, 11) is 0. The Kier molecular flexibility index (Phi) is 4.49. The van der Waals surface area contributed by atoms with Crippen LogP contribution in [0.3, 0.4) is 0 Å². The topological polar surface area (TPSA) is 102 Å². The number of amides is 1. The zero-order chi connectivity index (χ0) is 13.8. The van der Waals surface area contributed by atoms with Crippen LogP contribution >= 0.6 is 0 Å². The number of aliphatic hydroxyl groups is 3. The van der Waals surface area contributed by atoms with Crippen molar-refractivity contribution in [2.75, 3.05) is 13.2 Å². The molecule has 1 amide bonds. The van der Waals surface area contributed by atoms with E-state index < -0.39 is 24.3 Å². The van der Waals surface area contributed by atoms with Crippen molar-refractivity contribution in [2.45, 2.75) is 24.3 Å². The zero-order valence-corrected chi connectivity index (χ0v) is 10.4. The summed E-state index contributed by atoms with van der Waals surface area (Å²) in [5.74, 6) is -0.239. The van der Waals surface area contributed by atoms with Crippen LogP contribution in [0.4, 0.5) is 0 Å². The molecule has 6 nitrogen and oxygen atoms in total. The predicted octanol–water partition coefficient (Wildman–Crippen LogP) is -1.53. The Morgan fingerprint density at radius 2 is 1.79 bits per heavy atom. The van der Waals surface area contributed by atoms with E-state index in [1.807, 2.05) is 6.07 Å². The lowest BCUT2D eigenvalue weighted by atomic mass is 10.1. The number of rotatable bonds is 4. The molecule has 0 spiro atoms. The van der Waals surface area contributed by atoms with E-state index in [0.29, 0.717) is 5.56 Å². The molecule has 1 heterocycles. The number of hydrogen-bond donors (Lipinski definition) is 5. The molecule has 0 unspecified atom stereocenters. The Labute approximate surface area is 111 Å². The molecular weight excluding hydrogens is 248 g/mol. The SMILES string of the molecule is O=C(NC[C@H]1N[C@H](CO)[C@@H](O)[C@@H]1O)c1ccccc1. The monoisotopic (exact) mass is 266 g/mol. The van der Waals surface area contributed by atoms with Crippen molar-refractivity contribution in [1.82, 2.24) is 10.6 Å². The standard InChI is InChI=1S/C13H18N2O4/c16-7-10-12(18)11(17)9(15-10)6-14-13(19)8-4-2-1-3-5-8/h1-5,9-12,15-18H,6-7H2,(H,14,19)/t9-,10-,11-,12-/m1/s1. The Hall–Kier alpha value is -1.47. The Bertz CT molecular complexity index is 426. The third-order valence-corrected chi connectivity index (χ3v) is 3.32. The second-order valence-corrected chi connectivity index (χ2v) is 4.62. The van der Waals surface area contributed by atoms with Gasteiger partial charge >= 0.3 is 0 Å². The van der Waals surface area contributed by atoms with Gasteiger partial charge in [0, 0.05) is 12.1 Å². The summed E-state index contributed by atoms with van der Waals surface area (Å²) >= 11 is 0. The molecule has 0 saturated carbocycles. The van der Waals surface area contributed by atoms with Crippen molar-refractivity contribution in [1.29, 1.82) is 0 Å². The first-order valence-electron chi connectivity index (χ1n) is 6.19. The molecular formula is C13H18N2O4. The van der Waals surface area contributed by atoms with Crippen molar-refractivity contribution in [3.63, 3.8) is 0 Å². The van der Waals surface area contributed by atoms with Gasteiger partial charge in [0.2, 0.25) is 0 Å². The fraction of sp³-hybridized carbons (Fsp3) is 0.462. The van der Waals surface area contributed by atoms with Crippen molar-refractivity contribution in [3.05, 3.63) is 35.9 Å². The van der Waals surface area contributed by atoms with Crippen molar-refractivity contribution in [3.8, 4) is 0 Å². The molecule has 4 atom stereocenters. The van der Waals surface area contributed by atoms with Gasteiger partial charge in [-0.05, 0) is 12.1 Å². The maximum absolute atomic E-state index is 11.8. The van der Waals surface area contributed by atoms with Gasteiger partial charge in [0.1, 0.15) is 0 Å². The third-order valence-electron chi connectivity index (χ3n) is 3.32. The maximum Gasteiger partial charge on any atom is 0.251 e. The molecule has 6 heteroatoms. The Morgan fingerprint density at radius 3 is 2.37 bits per heavy atom. The number of nitrogens with one attached hydrogen (secondary N) is 2. The molecule has 19 heavy (non-hydrogen) atoms. The zero-order valence-electron chi connectivity index (χ0n) is 10.4. The van der Waals surface area contributed by atoms with Crippen LogP contribution in [-0.4, -0.2) is 58.7 Å². The van der Waals surface area contributed by atoms with Crippen LogP contribution in [0.15, 0.2) is 30.3 Å². The van der Waals surface area contributed by atoms with Crippen LogP contribution in [0.25, 0.3) is 0 Å². The molecule has 0 radical (unpaired) electrons. The highest BCUT2D eigenvalue weighted by atomic mass is 16.3. The first-order valence-corrected chi connectivity index (χ1v) is 6.19. The van der Waals surface area contributed by atoms with Gasteiger partial charge in [-0.2, -0.15) is 0 Å². The molecule has 1 fully saturated rings. The molecule has 2 rings (SSSR count). The lowest BCUT2D eigenvalue weighted by Gasteiger charge is -2.16. The summed E-state index contributed by atoms with van der Waals surface area (Å²) < 4.78 is 0. The van der Waals surface area contributed by atoms with E-state index in [1.54, 1.807) is 24.3 Å². The number of carbonyl (C=O) groups excluding carboxylic acids is 1. The molecule has 1 aromatic carbocycles. The van der Waals surface area contributed by atoms with Gasteiger partial charge < -0.3 is 26.0 Å². The summed E-state index contributed by atoms with van der Waals surface area (Å²) in [6.07, 6.45) is -2.03. The summed E-state index contributed by atoms with van der Waals surface area (Å²) in [4.78, 5) is 11.8. The number of hydrogen-bond acceptors (Lipinski definition) is 5. The van der Waals surface area contributed by atoms with Crippen LogP contribution in [0.2, 0.25) is 0 Å². The van der Waals surface area contributed by atoms with Gasteiger partial charge in [-0.25, -0.2) is 0 Å². The summed E-state index contributed by atoms with van der Waals surface area (Å²) in [6, 6.07) is 7.71. The third kappa shape index (κ3) is 3.10. The molecule has 1 saturated heterocycles. The van der Waals surface area contributed by atoms with E-state index >= 15 is 0 Å². The minimum absolute atomic E-state index is 0.183. The summed E-state index contributed by atoms with van der Waals surface area (Å²) in [6.45, 7) is -0.0796. The minimum Gasteiger partial charge on any atom is -0.395 e. The van der Waals surface area contributed by atoms with Crippen LogP contribution in [0, 0.1) is 0 Å². The molecule has 1 aliphatic heterocycles. The molecule has 1 aliphatic rings. The highest BCUT2D eigenvalue weighted by Crippen LogP contribution is 2.13. The lowest BCUT2D eigenvalue weighted by molar-refractivity contribution is 0.0197. The largest absolute Gasteiger partial charge is 0.395 e. The van der Waals surface area contributed by atoms with Crippen molar-refractivity contribution >= 4 is 5.91 Å². The average Bonchev–Trinajstić information content (AvgIpc) is 2.73. The van der Waals surface area contributed by atoms with Gasteiger partial charge in [-0.3, -0.25) is 4.79 Å². The normalized spacial score (nSPS) is 30.3. The smallest absolute Gasteiger partial charge is 0.251 e.